The summed E-state index contributed by atoms with van der Waals surface area (Å²) in [5.74, 6) is 0. The van der Waals surface area contributed by atoms with Crippen molar-refractivity contribution in [3.05, 3.63) is 34.4 Å². The molecule has 1 saturated carbocycles. The first kappa shape index (κ1) is 12.6. The fraction of sp³-hybridized carbons (Fsp3) is 0.600. The summed E-state index contributed by atoms with van der Waals surface area (Å²) in [6.45, 7) is 8.04. The molecule has 0 spiro atoms. The van der Waals surface area contributed by atoms with Gasteiger partial charge in [-0.3, -0.25) is 0 Å². The Bertz CT molecular complexity index is 384. The molecule has 1 aromatic carbocycles. The summed E-state index contributed by atoms with van der Waals surface area (Å²) in [4.78, 5) is 0. The first-order chi connectivity index (χ1) is 8.00. The molecule has 0 atom stereocenters. The molecule has 0 unspecified atom stereocenters. The Morgan fingerprint density at radius 1 is 1.18 bits per heavy atom. The highest BCUT2D eigenvalue weighted by Gasteiger charge is 2.33. The normalized spacial score (nSPS) is 17.9. The predicted molar refractivity (Wildman–Crippen MR) is 71.2 cm³/mol. The number of rotatable bonds is 4. The molecule has 0 aliphatic heterocycles. The molecule has 2 N–H and O–H groups in total. The third-order valence-electron chi connectivity index (χ3n) is 3.88. The lowest BCUT2D eigenvalue weighted by Gasteiger charge is -2.36. The van der Waals surface area contributed by atoms with Crippen LogP contribution < -0.4 is 5.32 Å². The van der Waals surface area contributed by atoms with Crippen LogP contribution in [-0.2, 0) is 6.54 Å². The minimum atomic E-state index is -0.424. The van der Waals surface area contributed by atoms with Gasteiger partial charge in [0.2, 0.25) is 0 Å². The molecule has 0 aromatic heterocycles. The van der Waals surface area contributed by atoms with Crippen molar-refractivity contribution in [2.24, 2.45) is 0 Å². The van der Waals surface area contributed by atoms with Crippen LogP contribution in [-0.4, -0.2) is 17.3 Å². The van der Waals surface area contributed by atoms with Crippen LogP contribution in [0, 0.1) is 20.8 Å². The van der Waals surface area contributed by atoms with E-state index in [1.165, 1.54) is 28.7 Å². The topological polar surface area (TPSA) is 32.3 Å². The van der Waals surface area contributed by atoms with Crippen molar-refractivity contribution in [2.75, 3.05) is 6.54 Å². The van der Waals surface area contributed by atoms with Crippen LogP contribution in [0.15, 0.2) is 12.1 Å². The largest absolute Gasteiger partial charge is 0.389 e. The lowest BCUT2D eigenvalue weighted by Crippen LogP contribution is -2.46. The van der Waals surface area contributed by atoms with Gasteiger partial charge >= 0.3 is 0 Å². The van der Waals surface area contributed by atoms with Crippen molar-refractivity contribution in [1.82, 2.24) is 5.32 Å². The van der Waals surface area contributed by atoms with Gasteiger partial charge in [-0.2, -0.15) is 0 Å². The van der Waals surface area contributed by atoms with Gasteiger partial charge in [0.15, 0.2) is 0 Å². The maximum absolute atomic E-state index is 10.0. The van der Waals surface area contributed by atoms with Crippen molar-refractivity contribution in [2.45, 2.75) is 52.2 Å². The van der Waals surface area contributed by atoms with Gasteiger partial charge in [0.1, 0.15) is 0 Å². The van der Waals surface area contributed by atoms with Crippen LogP contribution >= 0.6 is 0 Å². The minimum absolute atomic E-state index is 0.424. The molecule has 2 rings (SSSR count). The van der Waals surface area contributed by atoms with E-state index in [9.17, 15) is 5.11 Å². The van der Waals surface area contributed by atoms with E-state index in [0.29, 0.717) is 0 Å². The zero-order valence-corrected chi connectivity index (χ0v) is 11.1. The Hall–Kier alpha value is -0.860. The number of hydrogen-bond donors (Lipinski definition) is 2. The quantitative estimate of drug-likeness (QED) is 0.838. The average molecular weight is 233 g/mol. The van der Waals surface area contributed by atoms with Gasteiger partial charge in [0.05, 0.1) is 5.60 Å². The number of benzene rings is 1. The molecule has 2 heteroatoms. The van der Waals surface area contributed by atoms with Gasteiger partial charge in [-0.05, 0) is 56.7 Å². The Kier molecular flexibility index (Phi) is 3.55. The second kappa shape index (κ2) is 4.79. The third kappa shape index (κ3) is 2.88. The molecule has 0 radical (unpaired) electrons. The van der Waals surface area contributed by atoms with E-state index in [2.05, 4.69) is 38.2 Å². The molecule has 1 aromatic rings. The number of hydrogen-bond acceptors (Lipinski definition) is 2. The summed E-state index contributed by atoms with van der Waals surface area (Å²) in [7, 11) is 0. The Labute approximate surface area is 104 Å². The summed E-state index contributed by atoms with van der Waals surface area (Å²) in [5, 5.41) is 13.4. The lowest BCUT2D eigenvalue weighted by molar-refractivity contribution is -0.0315. The van der Waals surface area contributed by atoms with E-state index in [1.54, 1.807) is 0 Å². The highest BCUT2D eigenvalue weighted by molar-refractivity contribution is 5.37. The summed E-state index contributed by atoms with van der Waals surface area (Å²) in [6, 6.07) is 4.45. The van der Waals surface area contributed by atoms with E-state index < -0.39 is 5.60 Å². The monoisotopic (exact) mass is 233 g/mol. The molecule has 0 bridgehead atoms. The van der Waals surface area contributed by atoms with Crippen molar-refractivity contribution in [1.29, 1.82) is 0 Å². The molecular weight excluding hydrogens is 210 g/mol. The maximum atomic E-state index is 10.0. The van der Waals surface area contributed by atoms with Gasteiger partial charge in [0, 0.05) is 13.1 Å². The second-order valence-electron chi connectivity index (χ2n) is 5.56. The molecule has 0 saturated heterocycles. The first-order valence-electron chi connectivity index (χ1n) is 6.50. The van der Waals surface area contributed by atoms with Crippen LogP contribution in [0.5, 0.6) is 0 Å². The standard InChI is InChI=1S/C15H23NO/c1-11-7-12(2)14(13(3)8-11)9-16-10-15(17)5-4-6-15/h7-8,16-17H,4-6,9-10H2,1-3H3. The summed E-state index contributed by atoms with van der Waals surface area (Å²) in [6.07, 6.45) is 3.07. The molecule has 1 aliphatic rings. The van der Waals surface area contributed by atoms with E-state index >= 15 is 0 Å². The Morgan fingerprint density at radius 2 is 1.76 bits per heavy atom. The smallest absolute Gasteiger partial charge is 0.0771 e. The van der Waals surface area contributed by atoms with Crippen molar-refractivity contribution in [3.8, 4) is 0 Å². The third-order valence-corrected chi connectivity index (χ3v) is 3.88. The lowest BCUT2D eigenvalue weighted by atomic mass is 9.80. The highest BCUT2D eigenvalue weighted by atomic mass is 16.3. The van der Waals surface area contributed by atoms with Crippen LogP contribution in [0.4, 0.5) is 0 Å². The van der Waals surface area contributed by atoms with E-state index in [4.69, 9.17) is 0 Å². The fourth-order valence-electron chi connectivity index (χ4n) is 2.67. The van der Waals surface area contributed by atoms with Crippen LogP contribution in [0.25, 0.3) is 0 Å². The molecule has 0 amide bonds. The first-order valence-corrected chi connectivity index (χ1v) is 6.50. The summed E-state index contributed by atoms with van der Waals surface area (Å²) < 4.78 is 0. The highest BCUT2D eigenvalue weighted by Crippen LogP contribution is 2.30. The molecule has 0 heterocycles. The van der Waals surface area contributed by atoms with E-state index in [1.807, 2.05) is 0 Å². The van der Waals surface area contributed by atoms with Gasteiger partial charge in [0.25, 0.3) is 0 Å². The van der Waals surface area contributed by atoms with Gasteiger partial charge in [-0.15, -0.1) is 0 Å². The minimum Gasteiger partial charge on any atom is -0.389 e. The van der Waals surface area contributed by atoms with Crippen molar-refractivity contribution in [3.63, 3.8) is 0 Å². The van der Waals surface area contributed by atoms with Crippen molar-refractivity contribution < 1.29 is 5.11 Å². The molecular formula is C15H23NO. The van der Waals surface area contributed by atoms with Crippen LogP contribution in [0.1, 0.15) is 41.5 Å². The van der Waals surface area contributed by atoms with Gasteiger partial charge < -0.3 is 10.4 Å². The van der Waals surface area contributed by atoms with Crippen LogP contribution in [0.2, 0.25) is 0 Å². The molecule has 2 nitrogen and oxygen atoms in total. The molecule has 1 aliphatic carbocycles. The second-order valence-corrected chi connectivity index (χ2v) is 5.56. The molecule has 1 fully saturated rings. The molecule has 94 valence electrons. The molecule has 17 heavy (non-hydrogen) atoms. The Morgan fingerprint density at radius 3 is 2.24 bits per heavy atom. The predicted octanol–water partition coefficient (Wildman–Crippen LogP) is 2.62. The van der Waals surface area contributed by atoms with Gasteiger partial charge in [-0.25, -0.2) is 0 Å². The van der Waals surface area contributed by atoms with Crippen molar-refractivity contribution >= 4 is 0 Å². The van der Waals surface area contributed by atoms with Crippen LogP contribution in [0.3, 0.4) is 0 Å². The zero-order chi connectivity index (χ0) is 12.5. The average Bonchev–Trinajstić information content (AvgIpc) is 2.19. The number of aliphatic hydroxyl groups is 1. The summed E-state index contributed by atoms with van der Waals surface area (Å²) in [5.41, 5.74) is 4.96. The zero-order valence-electron chi connectivity index (χ0n) is 11.1. The number of nitrogens with one attached hydrogen (secondary N) is 1. The van der Waals surface area contributed by atoms with E-state index in [0.717, 1.165) is 25.9 Å². The maximum Gasteiger partial charge on any atom is 0.0771 e. The number of aryl methyl sites for hydroxylation is 3. The fourth-order valence-corrected chi connectivity index (χ4v) is 2.67. The summed E-state index contributed by atoms with van der Waals surface area (Å²) >= 11 is 0. The Balaban J connectivity index is 1.94. The van der Waals surface area contributed by atoms with Gasteiger partial charge in [-0.1, -0.05) is 17.7 Å². The SMILES string of the molecule is Cc1cc(C)c(CNCC2(O)CCC2)c(C)c1. The van der Waals surface area contributed by atoms with E-state index in [-0.39, 0.29) is 0 Å².